The molecule has 2 heterocycles. The van der Waals surface area contributed by atoms with Crippen molar-refractivity contribution in [3.05, 3.63) is 72.6 Å². The van der Waals surface area contributed by atoms with Gasteiger partial charge in [0.25, 0.3) is 5.56 Å². The van der Waals surface area contributed by atoms with Crippen molar-refractivity contribution >= 4 is 17.4 Å². The highest BCUT2D eigenvalue weighted by Crippen LogP contribution is 2.37. The van der Waals surface area contributed by atoms with E-state index >= 15 is 0 Å². The molecular formula is C14H10ClN5O2. The summed E-state index contributed by atoms with van der Waals surface area (Å²) in [6, 6.07) is 8.74. The fourth-order valence-corrected chi connectivity index (χ4v) is 2.61. The fourth-order valence-electron chi connectivity index (χ4n) is 2.49. The summed E-state index contributed by atoms with van der Waals surface area (Å²) in [5.41, 5.74) is 5.72. The predicted octanol–water partition coefficient (Wildman–Crippen LogP) is 0.968. The lowest BCUT2D eigenvalue weighted by Crippen LogP contribution is -2.34. The predicted molar refractivity (Wildman–Crippen MR) is 81.4 cm³/mol. The van der Waals surface area contributed by atoms with Crippen molar-refractivity contribution in [2.45, 2.75) is 5.92 Å². The van der Waals surface area contributed by atoms with Gasteiger partial charge in [0.15, 0.2) is 0 Å². The monoisotopic (exact) mass is 315 g/mol. The highest BCUT2D eigenvalue weighted by Gasteiger charge is 2.32. The largest absolute Gasteiger partial charge is 0.384 e. The molecular weight excluding hydrogens is 306 g/mol. The topological polar surface area (TPSA) is 128 Å². The quantitative estimate of drug-likeness (QED) is 0.623. The minimum Gasteiger partial charge on any atom is -0.384 e. The maximum absolute atomic E-state index is 12.2. The normalized spacial score (nSPS) is 16.6. The third-order valence-electron chi connectivity index (χ3n) is 3.43. The Morgan fingerprint density at radius 2 is 1.86 bits per heavy atom. The van der Waals surface area contributed by atoms with Crippen molar-refractivity contribution in [3.63, 3.8) is 0 Å². The first-order valence-corrected chi connectivity index (χ1v) is 6.67. The van der Waals surface area contributed by atoms with E-state index in [2.05, 4.69) is 15.3 Å². The maximum atomic E-state index is 12.2. The number of benzene rings is 1. The molecule has 0 radical (unpaired) electrons. The molecule has 8 heteroatoms. The maximum Gasteiger partial charge on any atom is 0.327 e. The van der Waals surface area contributed by atoms with Crippen molar-refractivity contribution in [1.82, 2.24) is 9.97 Å². The molecule has 5 N–H and O–H groups in total. The molecule has 1 atom stereocenters. The molecule has 1 aliphatic rings. The molecule has 1 aromatic carbocycles. The van der Waals surface area contributed by atoms with E-state index in [0.29, 0.717) is 10.6 Å². The molecule has 7 nitrogen and oxygen atoms in total. The van der Waals surface area contributed by atoms with Crippen LogP contribution in [0.4, 0.5) is 5.82 Å². The van der Waals surface area contributed by atoms with Gasteiger partial charge < -0.3 is 11.1 Å². The van der Waals surface area contributed by atoms with Crippen LogP contribution in [0.25, 0.3) is 0 Å². The number of hydrogen-bond acceptors (Lipinski definition) is 5. The van der Waals surface area contributed by atoms with Gasteiger partial charge in [-0.25, -0.2) is 4.79 Å². The Kier molecular flexibility index (Phi) is 3.23. The molecule has 3 rings (SSSR count). The van der Waals surface area contributed by atoms with Gasteiger partial charge in [-0.1, -0.05) is 23.7 Å². The summed E-state index contributed by atoms with van der Waals surface area (Å²) in [6.07, 6.45) is 0. The number of halogens is 1. The molecule has 2 aromatic rings. The molecule has 1 aromatic heterocycles. The van der Waals surface area contributed by atoms with E-state index in [1.807, 2.05) is 6.07 Å². The van der Waals surface area contributed by atoms with Crippen LogP contribution in [0.5, 0.6) is 0 Å². The van der Waals surface area contributed by atoms with Crippen molar-refractivity contribution in [1.29, 1.82) is 5.26 Å². The zero-order valence-electron chi connectivity index (χ0n) is 11.1. The standard InChI is InChI=1S/C14H10ClN5O2/c15-7-3-1-6(2-4-7)9-8(5-16)11(17)18-12-10(9)13(21)20-14(22)19-12/h1-4,9H,17H2,(H3,18,19,20,21,22)/t9-/m1/s1. The summed E-state index contributed by atoms with van der Waals surface area (Å²) in [4.78, 5) is 28.3. The summed E-state index contributed by atoms with van der Waals surface area (Å²) in [7, 11) is 0. The molecule has 0 bridgehead atoms. The van der Waals surface area contributed by atoms with Crippen LogP contribution < -0.4 is 22.3 Å². The van der Waals surface area contributed by atoms with Crippen LogP contribution in [-0.2, 0) is 0 Å². The zero-order chi connectivity index (χ0) is 15.9. The number of nitrogens with two attached hydrogens (primary N) is 1. The molecule has 1 aliphatic heterocycles. The van der Waals surface area contributed by atoms with Gasteiger partial charge in [0.2, 0.25) is 0 Å². The van der Waals surface area contributed by atoms with Crippen LogP contribution in [0, 0.1) is 11.3 Å². The summed E-state index contributed by atoms with van der Waals surface area (Å²) in [5, 5.41) is 12.6. The number of nitriles is 1. The van der Waals surface area contributed by atoms with Gasteiger partial charge in [-0.05, 0) is 17.7 Å². The van der Waals surface area contributed by atoms with Gasteiger partial charge in [0.05, 0.1) is 23.1 Å². The highest BCUT2D eigenvalue weighted by atomic mass is 35.5. The number of fused-ring (bicyclic) bond motifs is 1. The number of hydrogen-bond donors (Lipinski definition) is 4. The summed E-state index contributed by atoms with van der Waals surface area (Å²) < 4.78 is 0. The molecule has 0 spiro atoms. The number of nitrogens with one attached hydrogen (secondary N) is 3. The Morgan fingerprint density at radius 1 is 1.18 bits per heavy atom. The highest BCUT2D eigenvalue weighted by molar-refractivity contribution is 6.30. The summed E-state index contributed by atoms with van der Waals surface area (Å²) in [6.45, 7) is 0. The molecule has 0 unspecified atom stereocenters. The van der Waals surface area contributed by atoms with Crippen LogP contribution in [0.2, 0.25) is 5.02 Å². The first-order chi connectivity index (χ1) is 10.5. The Balaban J connectivity index is 2.32. The minimum absolute atomic E-state index is 0.0937. The number of H-pyrrole nitrogens is 2. The summed E-state index contributed by atoms with van der Waals surface area (Å²) in [5.74, 6) is -0.402. The van der Waals surface area contributed by atoms with E-state index in [1.54, 1.807) is 24.3 Å². The van der Waals surface area contributed by atoms with Gasteiger partial charge in [-0.3, -0.25) is 14.8 Å². The first kappa shape index (κ1) is 14.0. The third kappa shape index (κ3) is 2.16. The summed E-state index contributed by atoms with van der Waals surface area (Å²) >= 11 is 5.87. The van der Waals surface area contributed by atoms with E-state index in [-0.39, 0.29) is 22.8 Å². The number of allylic oxidation sites excluding steroid dienone is 1. The number of anilines is 1. The second kappa shape index (κ2) is 5.09. The SMILES string of the molecule is N#CC1=C(N)Nc2[nH]c(=O)[nH]c(=O)c2[C@@H]1c1ccc(Cl)cc1. The fraction of sp³-hybridized carbons (Fsp3) is 0.0714. The van der Waals surface area contributed by atoms with Crippen LogP contribution in [-0.4, -0.2) is 9.97 Å². The molecule has 0 saturated carbocycles. The molecule has 0 saturated heterocycles. The molecule has 22 heavy (non-hydrogen) atoms. The van der Waals surface area contributed by atoms with Crippen molar-refractivity contribution < 1.29 is 0 Å². The Hall–Kier alpha value is -2.98. The van der Waals surface area contributed by atoms with Crippen molar-refractivity contribution in [2.24, 2.45) is 5.73 Å². The van der Waals surface area contributed by atoms with E-state index in [4.69, 9.17) is 17.3 Å². The molecule has 110 valence electrons. The molecule has 0 aliphatic carbocycles. The second-order valence-electron chi connectivity index (χ2n) is 4.75. The number of aromatic nitrogens is 2. The number of rotatable bonds is 1. The molecule has 0 fully saturated rings. The van der Waals surface area contributed by atoms with Crippen LogP contribution in [0.3, 0.4) is 0 Å². The average molecular weight is 316 g/mol. The van der Waals surface area contributed by atoms with Gasteiger partial charge in [0, 0.05) is 5.02 Å². The van der Waals surface area contributed by atoms with Crippen molar-refractivity contribution in [2.75, 3.05) is 5.32 Å². The van der Waals surface area contributed by atoms with E-state index in [1.165, 1.54) is 0 Å². The Labute approximate surface area is 129 Å². The smallest absolute Gasteiger partial charge is 0.327 e. The first-order valence-electron chi connectivity index (χ1n) is 6.30. The van der Waals surface area contributed by atoms with E-state index in [0.717, 1.165) is 0 Å². The third-order valence-corrected chi connectivity index (χ3v) is 3.68. The minimum atomic E-state index is -0.681. The lowest BCUT2D eigenvalue weighted by atomic mass is 9.84. The van der Waals surface area contributed by atoms with Crippen LogP contribution in [0.1, 0.15) is 17.0 Å². The second-order valence-corrected chi connectivity index (χ2v) is 5.18. The van der Waals surface area contributed by atoms with Gasteiger partial charge in [0.1, 0.15) is 11.6 Å². The average Bonchev–Trinajstić information content (AvgIpc) is 2.46. The van der Waals surface area contributed by atoms with E-state index < -0.39 is 17.2 Å². The lowest BCUT2D eigenvalue weighted by Gasteiger charge is -2.25. The van der Waals surface area contributed by atoms with Crippen LogP contribution in [0.15, 0.2) is 45.2 Å². The van der Waals surface area contributed by atoms with Gasteiger partial charge in [-0.15, -0.1) is 0 Å². The van der Waals surface area contributed by atoms with Gasteiger partial charge >= 0.3 is 5.69 Å². The number of nitrogens with zero attached hydrogens (tertiary/aromatic N) is 1. The van der Waals surface area contributed by atoms with Crippen LogP contribution >= 0.6 is 11.6 Å². The zero-order valence-corrected chi connectivity index (χ0v) is 11.9. The molecule has 0 amide bonds. The van der Waals surface area contributed by atoms with E-state index in [9.17, 15) is 14.9 Å². The Bertz CT molecular complexity index is 933. The van der Waals surface area contributed by atoms with Gasteiger partial charge in [-0.2, -0.15) is 5.26 Å². The number of aromatic amines is 2. The Morgan fingerprint density at radius 3 is 2.50 bits per heavy atom. The van der Waals surface area contributed by atoms with Crippen molar-refractivity contribution in [3.8, 4) is 6.07 Å². The lowest BCUT2D eigenvalue weighted by molar-refractivity contribution is 0.865.